The molecule has 1 aromatic carbocycles. The predicted molar refractivity (Wildman–Crippen MR) is 81.2 cm³/mol. The Morgan fingerprint density at radius 2 is 1.90 bits per heavy atom. The first-order valence-electron chi connectivity index (χ1n) is 6.69. The molecule has 21 heavy (non-hydrogen) atoms. The number of rotatable bonds is 5. The lowest BCUT2D eigenvalue weighted by molar-refractivity contribution is 0.462. The van der Waals surface area contributed by atoms with Gasteiger partial charge in [-0.25, -0.2) is 21.6 Å². The van der Waals surface area contributed by atoms with Crippen molar-refractivity contribution in [1.82, 2.24) is 4.72 Å². The zero-order valence-corrected chi connectivity index (χ0v) is 13.5. The third-order valence-corrected chi connectivity index (χ3v) is 7.11. The molecule has 1 aliphatic rings. The molecule has 6 nitrogen and oxygen atoms in total. The van der Waals surface area contributed by atoms with Crippen LogP contribution >= 0.6 is 0 Å². The Labute approximate surface area is 125 Å². The lowest BCUT2D eigenvalue weighted by atomic mass is 10.0. The molecule has 1 atom stereocenters. The molecule has 1 fully saturated rings. The molecule has 0 aromatic heterocycles. The van der Waals surface area contributed by atoms with Crippen LogP contribution in [-0.4, -0.2) is 40.4 Å². The van der Waals surface area contributed by atoms with E-state index < -0.39 is 25.4 Å². The van der Waals surface area contributed by atoms with Crippen LogP contribution in [0, 0.1) is 0 Å². The topological polar surface area (TPSA) is 106 Å². The first kappa shape index (κ1) is 16.4. The van der Waals surface area contributed by atoms with Gasteiger partial charge in [0.05, 0.1) is 16.4 Å². The summed E-state index contributed by atoms with van der Waals surface area (Å²) < 4.78 is 50.3. The van der Waals surface area contributed by atoms with Gasteiger partial charge in [-0.2, -0.15) is 0 Å². The van der Waals surface area contributed by atoms with Crippen LogP contribution in [0.5, 0.6) is 0 Å². The molecule has 0 saturated carbocycles. The Hall–Kier alpha value is -0.960. The Morgan fingerprint density at radius 1 is 1.29 bits per heavy atom. The molecule has 1 unspecified atom stereocenters. The molecule has 1 aliphatic heterocycles. The van der Waals surface area contributed by atoms with Crippen molar-refractivity contribution < 1.29 is 16.8 Å². The predicted octanol–water partition coefficient (Wildman–Crippen LogP) is 0.0433. The molecule has 0 spiro atoms. The average Bonchev–Trinajstić information content (AvgIpc) is 2.63. The van der Waals surface area contributed by atoms with Crippen LogP contribution in [0.4, 0.5) is 0 Å². The van der Waals surface area contributed by atoms with Crippen molar-refractivity contribution in [2.45, 2.75) is 30.2 Å². The number of benzene rings is 1. The van der Waals surface area contributed by atoms with Gasteiger partial charge in [-0.1, -0.05) is 12.1 Å². The van der Waals surface area contributed by atoms with E-state index in [2.05, 4.69) is 4.72 Å². The van der Waals surface area contributed by atoms with Crippen LogP contribution in [0.1, 0.15) is 18.9 Å². The van der Waals surface area contributed by atoms with Gasteiger partial charge in [0.1, 0.15) is 0 Å². The van der Waals surface area contributed by atoms with Gasteiger partial charge in [-0.05, 0) is 44.0 Å². The number of sulfone groups is 1. The Balaban J connectivity index is 2.19. The molecule has 8 heteroatoms. The van der Waals surface area contributed by atoms with Crippen molar-refractivity contribution in [2.24, 2.45) is 5.73 Å². The minimum Gasteiger partial charge on any atom is -0.330 e. The van der Waals surface area contributed by atoms with Gasteiger partial charge < -0.3 is 5.73 Å². The fourth-order valence-electron chi connectivity index (χ4n) is 2.48. The highest BCUT2D eigenvalue weighted by Crippen LogP contribution is 2.25. The van der Waals surface area contributed by atoms with Crippen molar-refractivity contribution in [1.29, 1.82) is 0 Å². The molecule has 1 aromatic rings. The van der Waals surface area contributed by atoms with Gasteiger partial charge in [0.25, 0.3) is 0 Å². The summed E-state index contributed by atoms with van der Waals surface area (Å²) in [6.07, 6.45) is 0.976. The molecule has 118 valence electrons. The smallest absolute Gasteiger partial charge is 0.241 e. The van der Waals surface area contributed by atoms with Crippen LogP contribution in [0.2, 0.25) is 0 Å². The maximum absolute atomic E-state index is 12.3. The maximum atomic E-state index is 12.3. The third kappa shape index (κ3) is 4.03. The van der Waals surface area contributed by atoms with Crippen LogP contribution < -0.4 is 10.5 Å². The van der Waals surface area contributed by atoms with Crippen molar-refractivity contribution in [2.75, 3.05) is 18.1 Å². The van der Waals surface area contributed by atoms with Crippen LogP contribution in [0.25, 0.3) is 0 Å². The number of hydrogen-bond acceptors (Lipinski definition) is 5. The summed E-state index contributed by atoms with van der Waals surface area (Å²) in [7, 11) is -6.89. The molecule has 0 amide bonds. The normalized spacial score (nSPS) is 25.0. The zero-order chi connectivity index (χ0) is 15.7. The average molecular weight is 332 g/mol. The summed E-state index contributed by atoms with van der Waals surface area (Å²) >= 11 is 0. The van der Waals surface area contributed by atoms with Gasteiger partial charge in [0, 0.05) is 5.54 Å². The lowest BCUT2D eigenvalue weighted by Crippen LogP contribution is -2.46. The fraction of sp³-hybridized carbons (Fsp3) is 0.538. The van der Waals surface area contributed by atoms with Gasteiger partial charge >= 0.3 is 0 Å². The van der Waals surface area contributed by atoms with Gasteiger partial charge in [0.15, 0.2) is 9.84 Å². The summed E-state index contributed by atoms with van der Waals surface area (Å²) in [5.74, 6) is -0.147. The van der Waals surface area contributed by atoms with Crippen molar-refractivity contribution >= 4 is 19.9 Å². The Kier molecular flexibility index (Phi) is 4.44. The molecule has 1 heterocycles. The second-order valence-corrected chi connectivity index (χ2v) is 9.56. The first-order valence-corrected chi connectivity index (χ1v) is 10.00. The summed E-state index contributed by atoms with van der Waals surface area (Å²) in [5.41, 5.74) is 5.48. The molecule has 2 rings (SSSR count). The second kappa shape index (κ2) is 5.68. The molecule has 1 saturated heterocycles. The summed E-state index contributed by atoms with van der Waals surface area (Å²) in [6, 6.07) is 6.46. The second-order valence-electron chi connectivity index (χ2n) is 5.69. The maximum Gasteiger partial charge on any atom is 0.241 e. The standard InChI is InChI=1S/C13H20N2O4S2/c1-13(7-9-20(16,17)10-13)15-21(18,19)12-4-2-11(3-5-12)6-8-14/h2-5,15H,6-10,14H2,1H3. The molecule has 0 bridgehead atoms. The van der Waals surface area contributed by atoms with Crippen molar-refractivity contribution in [3.8, 4) is 0 Å². The number of sulfonamides is 1. The van der Waals surface area contributed by atoms with Crippen molar-refractivity contribution in [3.05, 3.63) is 29.8 Å². The Bertz CT molecular complexity index is 711. The summed E-state index contributed by atoms with van der Waals surface area (Å²) in [4.78, 5) is 0.133. The largest absolute Gasteiger partial charge is 0.330 e. The number of nitrogens with two attached hydrogens (primary N) is 1. The van der Waals surface area contributed by atoms with E-state index >= 15 is 0 Å². The van der Waals surface area contributed by atoms with E-state index in [1.807, 2.05) is 0 Å². The number of nitrogens with one attached hydrogen (secondary N) is 1. The monoisotopic (exact) mass is 332 g/mol. The van der Waals surface area contributed by atoms with E-state index in [9.17, 15) is 16.8 Å². The molecule has 0 radical (unpaired) electrons. The quantitative estimate of drug-likeness (QED) is 0.792. The SMILES string of the molecule is CC1(NS(=O)(=O)c2ccc(CCN)cc2)CCS(=O)(=O)C1. The highest BCUT2D eigenvalue weighted by molar-refractivity contribution is 7.92. The fourth-order valence-corrected chi connectivity index (χ4v) is 6.10. The van der Waals surface area contributed by atoms with E-state index in [0.29, 0.717) is 19.4 Å². The minimum absolute atomic E-state index is 0.0153. The van der Waals surface area contributed by atoms with E-state index in [1.54, 1.807) is 19.1 Å². The van der Waals surface area contributed by atoms with Crippen LogP contribution in [0.3, 0.4) is 0 Å². The van der Waals surface area contributed by atoms with E-state index in [0.717, 1.165) is 5.56 Å². The van der Waals surface area contributed by atoms with Gasteiger partial charge in [-0.3, -0.25) is 0 Å². The zero-order valence-electron chi connectivity index (χ0n) is 11.9. The Morgan fingerprint density at radius 3 is 2.38 bits per heavy atom. The molecule has 0 aliphatic carbocycles. The van der Waals surface area contributed by atoms with Crippen LogP contribution in [-0.2, 0) is 26.3 Å². The molecular weight excluding hydrogens is 312 g/mol. The van der Waals surface area contributed by atoms with E-state index in [1.165, 1.54) is 12.1 Å². The van der Waals surface area contributed by atoms with Crippen LogP contribution in [0.15, 0.2) is 29.2 Å². The van der Waals surface area contributed by atoms with E-state index in [4.69, 9.17) is 5.73 Å². The molecular formula is C13H20N2O4S2. The van der Waals surface area contributed by atoms with Gasteiger partial charge in [-0.15, -0.1) is 0 Å². The van der Waals surface area contributed by atoms with Gasteiger partial charge in [0.2, 0.25) is 10.0 Å². The minimum atomic E-state index is -3.73. The number of hydrogen-bond donors (Lipinski definition) is 2. The molecule has 3 N–H and O–H groups in total. The summed E-state index contributed by atoms with van der Waals surface area (Å²) in [6.45, 7) is 2.12. The lowest BCUT2D eigenvalue weighted by Gasteiger charge is -2.23. The highest BCUT2D eigenvalue weighted by Gasteiger charge is 2.41. The summed E-state index contributed by atoms with van der Waals surface area (Å²) in [5, 5.41) is 0. The first-order chi connectivity index (χ1) is 9.66. The van der Waals surface area contributed by atoms with E-state index in [-0.39, 0.29) is 16.4 Å². The van der Waals surface area contributed by atoms with Crippen molar-refractivity contribution in [3.63, 3.8) is 0 Å². The third-order valence-electron chi connectivity index (χ3n) is 3.55. The highest BCUT2D eigenvalue weighted by atomic mass is 32.2.